The van der Waals surface area contributed by atoms with Gasteiger partial charge in [-0.25, -0.2) is 0 Å². The third-order valence-electron chi connectivity index (χ3n) is 7.46. The van der Waals surface area contributed by atoms with Gasteiger partial charge in [0.2, 0.25) is 0 Å². The van der Waals surface area contributed by atoms with Crippen molar-refractivity contribution in [2.24, 2.45) is 0 Å². The molecule has 1 fully saturated rings. The third kappa shape index (κ3) is 8.21. The Balaban J connectivity index is 1.94. The monoisotopic (exact) mass is 514 g/mol. The van der Waals surface area contributed by atoms with Gasteiger partial charge in [0.1, 0.15) is 0 Å². The fraction of sp³-hybridized carbons (Fsp3) is 0.412. The summed E-state index contributed by atoms with van der Waals surface area (Å²) >= 11 is 0. The van der Waals surface area contributed by atoms with Crippen LogP contribution < -0.4 is 4.90 Å². The van der Waals surface area contributed by atoms with Gasteiger partial charge in [-0.3, -0.25) is 4.90 Å². The summed E-state index contributed by atoms with van der Waals surface area (Å²) in [6.07, 6.45) is 10.7. The highest BCUT2D eigenvalue weighted by molar-refractivity contribution is 6.00. The topological polar surface area (TPSA) is 46.9 Å². The van der Waals surface area contributed by atoms with Crippen molar-refractivity contribution in [3.63, 3.8) is 0 Å². The standard InChI is InChI=1S/C34H46N2O2/c1-5-7-12-27(3)35-22-24-36(25-23-35)32-20-18-31(19-21-32)34(29(6-2)17-16-28(4)38)33(15-11-26-37)30-13-9-8-10-14-30/h6,8-10,13-14,16-21,27,37-38H,2,5,7,11-12,15,22-26H2,1,3-4H3/b28-16+,29-17+,34-33-. The Hall–Kier alpha value is -3.08. The van der Waals surface area contributed by atoms with Gasteiger partial charge in [0, 0.05) is 44.5 Å². The van der Waals surface area contributed by atoms with E-state index in [-0.39, 0.29) is 12.4 Å². The van der Waals surface area contributed by atoms with Crippen LogP contribution in [-0.4, -0.2) is 53.9 Å². The fourth-order valence-electron chi connectivity index (χ4n) is 5.23. The Kier molecular flexibility index (Phi) is 11.9. The van der Waals surface area contributed by atoms with Gasteiger partial charge in [0.25, 0.3) is 0 Å². The summed E-state index contributed by atoms with van der Waals surface area (Å²) in [4.78, 5) is 5.12. The number of allylic oxidation sites excluding steroid dienone is 7. The molecule has 0 amide bonds. The number of anilines is 1. The Labute approximate surface area is 230 Å². The number of hydrogen-bond acceptors (Lipinski definition) is 4. The van der Waals surface area contributed by atoms with Crippen LogP contribution in [0.25, 0.3) is 11.1 Å². The van der Waals surface area contributed by atoms with Gasteiger partial charge in [0.15, 0.2) is 0 Å². The molecule has 0 aliphatic carbocycles. The van der Waals surface area contributed by atoms with Crippen LogP contribution in [0.4, 0.5) is 5.69 Å². The van der Waals surface area contributed by atoms with Crippen LogP contribution in [-0.2, 0) is 0 Å². The molecular formula is C34H46N2O2. The van der Waals surface area contributed by atoms with Crippen molar-refractivity contribution in [1.29, 1.82) is 0 Å². The summed E-state index contributed by atoms with van der Waals surface area (Å²) in [5.41, 5.74) is 6.67. The number of benzene rings is 2. The number of piperazine rings is 1. The van der Waals surface area contributed by atoms with Gasteiger partial charge in [-0.2, -0.15) is 0 Å². The number of aliphatic hydroxyl groups excluding tert-OH is 2. The van der Waals surface area contributed by atoms with Crippen LogP contribution in [0.3, 0.4) is 0 Å². The molecule has 0 radical (unpaired) electrons. The van der Waals surface area contributed by atoms with Gasteiger partial charge in [-0.15, -0.1) is 0 Å². The molecule has 2 aromatic carbocycles. The van der Waals surface area contributed by atoms with Crippen molar-refractivity contribution >= 4 is 16.8 Å². The summed E-state index contributed by atoms with van der Waals surface area (Å²) in [7, 11) is 0. The lowest BCUT2D eigenvalue weighted by Gasteiger charge is -2.39. The van der Waals surface area contributed by atoms with E-state index in [0.29, 0.717) is 12.5 Å². The molecule has 2 N–H and O–H groups in total. The van der Waals surface area contributed by atoms with Crippen LogP contribution in [0.2, 0.25) is 0 Å². The average Bonchev–Trinajstić information content (AvgIpc) is 2.95. The fourth-order valence-corrected chi connectivity index (χ4v) is 5.23. The van der Waals surface area contributed by atoms with Crippen LogP contribution in [0, 0.1) is 0 Å². The van der Waals surface area contributed by atoms with E-state index >= 15 is 0 Å². The lowest BCUT2D eigenvalue weighted by Crippen LogP contribution is -2.49. The number of aliphatic hydroxyl groups is 2. The zero-order valence-corrected chi connectivity index (χ0v) is 23.6. The maximum Gasteiger partial charge on any atom is 0.0891 e. The first-order valence-electron chi connectivity index (χ1n) is 14.2. The third-order valence-corrected chi connectivity index (χ3v) is 7.46. The molecule has 0 bridgehead atoms. The van der Waals surface area contributed by atoms with E-state index < -0.39 is 0 Å². The van der Waals surface area contributed by atoms with Crippen molar-refractivity contribution in [1.82, 2.24) is 4.90 Å². The highest BCUT2D eigenvalue weighted by Gasteiger charge is 2.21. The van der Waals surface area contributed by atoms with E-state index in [1.807, 2.05) is 30.4 Å². The van der Waals surface area contributed by atoms with E-state index in [4.69, 9.17) is 0 Å². The predicted molar refractivity (Wildman–Crippen MR) is 163 cm³/mol. The van der Waals surface area contributed by atoms with Crippen molar-refractivity contribution in [2.75, 3.05) is 37.7 Å². The average molecular weight is 515 g/mol. The molecule has 38 heavy (non-hydrogen) atoms. The molecule has 1 unspecified atom stereocenters. The molecule has 2 aromatic rings. The number of rotatable bonds is 13. The van der Waals surface area contributed by atoms with Gasteiger partial charge in [0.05, 0.1) is 5.76 Å². The summed E-state index contributed by atoms with van der Waals surface area (Å²) in [5, 5.41) is 19.5. The molecule has 1 aliphatic heterocycles. The molecule has 0 saturated carbocycles. The molecule has 1 aliphatic rings. The predicted octanol–water partition coefficient (Wildman–Crippen LogP) is 7.64. The first-order chi connectivity index (χ1) is 18.5. The second kappa shape index (κ2) is 15.4. The molecule has 204 valence electrons. The van der Waals surface area contributed by atoms with Gasteiger partial charge in [-0.1, -0.05) is 81.0 Å². The van der Waals surface area contributed by atoms with Gasteiger partial charge in [-0.05, 0) is 79.2 Å². The molecule has 1 heterocycles. The first-order valence-corrected chi connectivity index (χ1v) is 14.2. The van der Waals surface area contributed by atoms with E-state index in [2.05, 4.69) is 66.6 Å². The van der Waals surface area contributed by atoms with E-state index in [1.165, 1.54) is 24.9 Å². The zero-order chi connectivity index (χ0) is 27.3. The van der Waals surface area contributed by atoms with Gasteiger partial charge < -0.3 is 15.1 Å². The van der Waals surface area contributed by atoms with E-state index in [0.717, 1.165) is 60.4 Å². The van der Waals surface area contributed by atoms with E-state index in [1.54, 1.807) is 13.0 Å². The maximum atomic E-state index is 9.85. The summed E-state index contributed by atoms with van der Waals surface area (Å²) in [5.74, 6) is 0.249. The molecule has 0 aromatic heterocycles. The van der Waals surface area contributed by atoms with Gasteiger partial charge >= 0.3 is 0 Å². The SMILES string of the molecule is C=CC(=C\C=C(/C)O)/C(=C(\CCCO)c1ccccc1)c1ccc(N2CCN(C(C)CCCC)CC2)cc1. The highest BCUT2D eigenvalue weighted by atomic mass is 16.3. The van der Waals surface area contributed by atoms with Crippen LogP contribution in [0.15, 0.2) is 90.7 Å². The molecule has 1 atom stereocenters. The summed E-state index contributed by atoms with van der Waals surface area (Å²) in [6, 6.07) is 19.9. The van der Waals surface area contributed by atoms with Crippen LogP contribution >= 0.6 is 0 Å². The molecule has 4 nitrogen and oxygen atoms in total. The minimum atomic E-state index is 0.133. The minimum absolute atomic E-state index is 0.133. The molecular weight excluding hydrogens is 468 g/mol. The largest absolute Gasteiger partial charge is 0.513 e. The second-order valence-corrected chi connectivity index (χ2v) is 10.2. The summed E-state index contributed by atoms with van der Waals surface area (Å²) < 4.78 is 0. The molecule has 3 rings (SSSR count). The lowest BCUT2D eigenvalue weighted by molar-refractivity contribution is 0.186. The quantitative estimate of drug-likeness (QED) is 0.164. The zero-order valence-electron chi connectivity index (χ0n) is 23.6. The highest BCUT2D eigenvalue weighted by Crippen LogP contribution is 2.36. The molecule has 4 heteroatoms. The smallest absolute Gasteiger partial charge is 0.0891 e. The molecule has 0 spiro atoms. The first kappa shape index (κ1) is 29.5. The maximum absolute atomic E-state index is 9.85. The molecule has 1 saturated heterocycles. The van der Waals surface area contributed by atoms with Crippen molar-refractivity contribution in [3.05, 3.63) is 102 Å². The normalized spacial score (nSPS) is 16.8. The van der Waals surface area contributed by atoms with Crippen LogP contribution in [0.1, 0.15) is 64.0 Å². The van der Waals surface area contributed by atoms with Crippen molar-refractivity contribution < 1.29 is 10.2 Å². The Bertz CT molecular complexity index is 1090. The Morgan fingerprint density at radius 1 is 0.947 bits per heavy atom. The lowest BCUT2D eigenvalue weighted by atomic mass is 9.86. The summed E-state index contributed by atoms with van der Waals surface area (Å²) in [6.45, 7) is 14.8. The number of nitrogens with zero attached hydrogens (tertiary/aromatic N) is 2. The second-order valence-electron chi connectivity index (χ2n) is 10.2. The van der Waals surface area contributed by atoms with Crippen molar-refractivity contribution in [3.8, 4) is 0 Å². The van der Waals surface area contributed by atoms with Crippen LogP contribution in [0.5, 0.6) is 0 Å². The van der Waals surface area contributed by atoms with E-state index in [9.17, 15) is 10.2 Å². The minimum Gasteiger partial charge on any atom is -0.513 e. The Morgan fingerprint density at radius 3 is 2.21 bits per heavy atom. The number of unbranched alkanes of at least 4 members (excludes halogenated alkanes) is 1. The Morgan fingerprint density at radius 2 is 1.63 bits per heavy atom. The van der Waals surface area contributed by atoms with Crippen molar-refractivity contribution in [2.45, 2.75) is 58.9 Å². The number of hydrogen-bond donors (Lipinski definition) is 2.